The van der Waals surface area contributed by atoms with Gasteiger partial charge in [0.1, 0.15) is 0 Å². The average Bonchev–Trinajstić information content (AvgIpc) is 3.62. The Morgan fingerprint density at radius 2 is 0.867 bits per heavy atom. The van der Waals surface area contributed by atoms with Gasteiger partial charge in [-0.2, -0.15) is 0 Å². The van der Waals surface area contributed by atoms with Gasteiger partial charge in [0.25, 0.3) is 0 Å². The molecular weight excluding hydrogens is 727 g/mol. The Hall–Kier alpha value is -7.88. The van der Waals surface area contributed by atoms with Crippen molar-refractivity contribution in [1.82, 2.24) is 9.97 Å². The van der Waals surface area contributed by atoms with E-state index in [0.717, 1.165) is 39.0 Å². The highest BCUT2D eigenvalue weighted by molar-refractivity contribution is 5.98. The molecule has 0 saturated carbocycles. The van der Waals surface area contributed by atoms with Crippen molar-refractivity contribution in [3.63, 3.8) is 0 Å². The van der Waals surface area contributed by atoms with Gasteiger partial charge in [0, 0.05) is 22.2 Å². The number of aromatic nitrogens is 2. The van der Waals surface area contributed by atoms with Crippen LogP contribution in [0, 0.1) is 0 Å². The number of anilines is 3. The fourth-order valence-corrected chi connectivity index (χ4v) is 9.86. The number of benzene rings is 9. The van der Waals surface area contributed by atoms with Crippen LogP contribution in [0.1, 0.15) is 22.3 Å². The van der Waals surface area contributed by atoms with Gasteiger partial charge in [-0.1, -0.05) is 182 Å². The van der Waals surface area contributed by atoms with E-state index in [0.29, 0.717) is 5.82 Å². The van der Waals surface area contributed by atoms with Gasteiger partial charge in [-0.3, -0.25) is 0 Å². The van der Waals surface area contributed by atoms with Gasteiger partial charge in [-0.25, -0.2) is 9.97 Å². The maximum absolute atomic E-state index is 5.30. The standard InChI is InChI=1S/C57H37N3/c1-3-16-38(17-4-1)39-30-32-40(33-31-39)56-58-52-27-12-8-23-47(52)55(59-56)43-19-15-18-41(36-43)42-34-35-46-45-22-7-9-24-48(45)57(51(46)37-42)49-25-10-13-28-53(49)60(44-20-5-2-6-21-44)54-29-14-11-26-50(54)57/h1-37H. The largest absolute Gasteiger partial charge is 0.310 e. The number of fused-ring (bicyclic) bond motifs is 10. The zero-order valence-electron chi connectivity index (χ0n) is 32.7. The quantitative estimate of drug-likeness (QED) is 0.175. The summed E-state index contributed by atoms with van der Waals surface area (Å²) in [6.45, 7) is 0. The van der Waals surface area contributed by atoms with Crippen molar-refractivity contribution < 1.29 is 0 Å². The van der Waals surface area contributed by atoms with Gasteiger partial charge in [0.2, 0.25) is 0 Å². The van der Waals surface area contributed by atoms with Crippen LogP contribution in [0.25, 0.3) is 66.9 Å². The molecule has 0 radical (unpaired) electrons. The number of hydrogen-bond donors (Lipinski definition) is 0. The van der Waals surface area contributed by atoms with Crippen LogP contribution in [0.15, 0.2) is 224 Å². The first kappa shape index (κ1) is 34.2. The predicted octanol–water partition coefficient (Wildman–Crippen LogP) is 14.4. The van der Waals surface area contributed by atoms with Crippen molar-refractivity contribution in [1.29, 1.82) is 0 Å². The van der Waals surface area contributed by atoms with Crippen LogP contribution in [0.5, 0.6) is 0 Å². The van der Waals surface area contributed by atoms with E-state index in [4.69, 9.17) is 9.97 Å². The molecule has 1 aliphatic heterocycles. The molecular formula is C57H37N3. The molecule has 1 spiro atoms. The lowest BCUT2D eigenvalue weighted by atomic mass is 9.64. The van der Waals surface area contributed by atoms with Gasteiger partial charge in [0.05, 0.1) is 28.0 Å². The van der Waals surface area contributed by atoms with Gasteiger partial charge in [-0.05, 0) is 98.1 Å². The van der Waals surface area contributed by atoms with Crippen molar-refractivity contribution in [2.24, 2.45) is 0 Å². The highest BCUT2D eigenvalue weighted by atomic mass is 15.2. The zero-order valence-corrected chi connectivity index (χ0v) is 32.7. The van der Waals surface area contributed by atoms with Crippen molar-refractivity contribution in [2.75, 3.05) is 4.90 Å². The van der Waals surface area contributed by atoms with Crippen molar-refractivity contribution in [2.45, 2.75) is 5.41 Å². The van der Waals surface area contributed by atoms with E-state index in [1.165, 1.54) is 61.4 Å². The smallest absolute Gasteiger partial charge is 0.160 e. The van der Waals surface area contributed by atoms with E-state index < -0.39 is 5.41 Å². The Balaban J connectivity index is 1.02. The SMILES string of the molecule is c1ccc(-c2ccc(-c3nc(-c4cccc(-c5ccc6c(c5)C5(c7ccccc7-6)c6ccccc6N(c6ccccc6)c6ccccc65)c4)c4ccccc4n3)cc2)cc1. The molecule has 3 heteroatoms. The minimum Gasteiger partial charge on any atom is -0.310 e. The summed E-state index contributed by atoms with van der Waals surface area (Å²) in [7, 11) is 0. The third-order valence-corrected chi connectivity index (χ3v) is 12.5. The molecule has 0 fully saturated rings. The second kappa shape index (κ2) is 13.6. The topological polar surface area (TPSA) is 29.0 Å². The number of rotatable bonds is 5. The van der Waals surface area contributed by atoms with Crippen LogP contribution >= 0.6 is 0 Å². The molecule has 12 rings (SSSR count). The summed E-state index contributed by atoms with van der Waals surface area (Å²) in [5, 5.41) is 1.03. The van der Waals surface area contributed by atoms with Crippen molar-refractivity contribution >= 4 is 28.0 Å². The fourth-order valence-electron chi connectivity index (χ4n) is 9.86. The number of hydrogen-bond acceptors (Lipinski definition) is 3. The molecule has 0 atom stereocenters. The van der Waals surface area contributed by atoms with E-state index in [1.54, 1.807) is 0 Å². The maximum Gasteiger partial charge on any atom is 0.160 e. The number of para-hydroxylation sites is 4. The minimum absolute atomic E-state index is 0.522. The van der Waals surface area contributed by atoms with Gasteiger partial charge < -0.3 is 4.90 Å². The molecule has 0 bridgehead atoms. The lowest BCUT2D eigenvalue weighted by molar-refractivity contribution is 0.753. The summed E-state index contributed by atoms with van der Waals surface area (Å²) in [5.74, 6) is 0.713. The summed E-state index contributed by atoms with van der Waals surface area (Å²) < 4.78 is 0. The Kier molecular flexibility index (Phi) is 7.76. The average molecular weight is 764 g/mol. The molecule has 280 valence electrons. The lowest BCUT2D eigenvalue weighted by Gasteiger charge is -2.45. The summed E-state index contributed by atoms with van der Waals surface area (Å²) in [4.78, 5) is 12.8. The highest BCUT2D eigenvalue weighted by Crippen LogP contribution is 2.63. The van der Waals surface area contributed by atoms with Gasteiger partial charge in [-0.15, -0.1) is 0 Å². The minimum atomic E-state index is -0.522. The van der Waals surface area contributed by atoms with E-state index in [9.17, 15) is 0 Å². The van der Waals surface area contributed by atoms with E-state index in [-0.39, 0.29) is 0 Å². The normalized spacial score (nSPS) is 13.1. The molecule has 0 amide bonds. The van der Waals surface area contributed by atoms with Gasteiger partial charge >= 0.3 is 0 Å². The molecule has 3 nitrogen and oxygen atoms in total. The van der Waals surface area contributed by atoms with E-state index in [1.807, 2.05) is 6.07 Å². The molecule has 0 unspecified atom stereocenters. The summed E-state index contributed by atoms with van der Waals surface area (Å²) >= 11 is 0. The molecule has 1 aromatic heterocycles. The van der Waals surface area contributed by atoms with Crippen molar-refractivity contribution in [3.8, 4) is 56.0 Å². The molecule has 10 aromatic rings. The monoisotopic (exact) mass is 763 g/mol. The lowest BCUT2D eigenvalue weighted by Crippen LogP contribution is -2.36. The van der Waals surface area contributed by atoms with Crippen LogP contribution in [-0.2, 0) is 5.41 Å². The van der Waals surface area contributed by atoms with Crippen LogP contribution < -0.4 is 4.90 Å². The predicted molar refractivity (Wildman–Crippen MR) is 247 cm³/mol. The van der Waals surface area contributed by atoms with Crippen molar-refractivity contribution in [3.05, 3.63) is 247 Å². The molecule has 0 saturated heterocycles. The Morgan fingerprint density at radius 3 is 1.63 bits per heavy atom. The Labute approximate surface area is 349 Å². The summed E-state index contributed by atoms with van der Waals surface area (Å²) in [6.07, 6.45) is 0. The second-order valence-corrected chi connectivity index (χ2v) is 15.7. The van der Waals surface area contributed by atoms with Crippen LogP contribution in [0.3, 0.4) is 0 Å². The first-order chi connectivity index (χ1) is 29.8. The first-order valence-electron chi connectivity index (χ1n) is 20.6. The van der Waals surface area contributed by atoms with E-state index in [2.05, 4.69) is 223 Å². The molecule has 2 aliphatic rings. The molecule has 1 aliphatic carbocycles. The Morgan fingerprint density at radius 1 is 0.333 bits per heavy atom. The molecule has 9 aromatic carbocycles. The molecule has 60 heavy (non-hydrogen) atoms. The highest BCUT2D eigenvalue weighted by Gasteiger charge is 2.51. The number of nitrogens with zero attached hydrogens (tertiary/aromatic N) is 3. The first-order valence-corrected chi connectivity index (χ1v) is 20.6. The third-order valence-electron chi connectivity index (χ3n) is 12.5. The Bertz CT molecular complexity index is 3210. The van der Waals surface area contributed by atoms with Crippen LogP contribution in [0.2, 0.25) is 0 Å². The molecule has 0 N–H and O–H groups in total. The summed E-state index contributed by atoms with van der Waals surface area (Å²) in [5.41, 5.74) is 19.3. The summed E-state index contributed by atoms with van der Waals surface area (Å²) in [6, 6.07) is 81.1. The third kappa shape index (κ3) is 5.16. The zero-order chi connectivity index (χ0) is 39.6. The van der Waals surface area contributed by atoms with E-state index >= 15 is 0 Å². The maximum atomic E-state index is 5.30. The van der Waals surface area contributed by atoms with Gasteiger partial charge in [0.15, 0.2) is 5.82 Å². The molecule has 2 heterocycles. The fraction of sp³-hybridized carbons (Fsp3) is 0.0175. The second-order valence-electron chi connectivity index (χ2n) is 15.7. The van der Waals surface area contributed by atoms with Crippen LogP contribution in [-0.4, -0.2) is 9.97 Å². The van der Waals surface area contributed by atoms with Crippen LogP contribution in [0.4, 0.5) is 17.1 Å².